The lowest BCUT2D eigenvalue weighted by molar-refractivity contribution is 0.235. The molecule has 0 saturated carbocycles. The Balaban J connectivity index is 1.18. The third-order valence-electron chi connectivity index (χ3n) is 5.37. The van der Waals surface area contributed by atoms with Gasteiger partial charge < -0.3 is 9.64 Å². The summed E-state index contributed by atoms with van der Waals surface area (Å²) in [6.45, 7) is 7.27. The molecule has 0 unspecified atom stereocenters. The summed E-state index contributed by atoms with van der Waals surface area (Å²) in [6.07, 6.45) is 2.04. The zero-order valence-electron chi connectivity index (χ0n) is 16.9. The smallest absolute Gasteiger partial charge is 0.235 e. The Morgan fingerprint density at radius 3 is 2.34 bits per heavy atom. The fraction of sp³-hybridized carbons (Fsp3) is 0.391. The van der Waals surface area contributed by atoms with Crippen molar-refractivity contribution in [3.63, 3.8) is 0 Å². The molecule has 0 bridgehead atoms. The Kier molecular flexibility index (Phi) is 6.20. The first-order valence-electron chi connectivity index (χ1n) is 10.3. The molecule has 1 aliphatic rings. The van der Waals surface area contributed by atoms with Crippen LogP contribution in [0.2, 0.25) is 0 Å². The summed E-state index contributed by atoms with van der Waals surface area (Å²) >= 11 is 0. The first-order chi connectivity index (χ1) is 14.2. The highest BCUT2D eigenvalue weighted by Crippen LogP contribution is 2.21. The van der Waals surface area contributed by atoms with Gasteiger partial charge in [-0.2, -0.15) is 0 Å². The number of halogens is 1. The second-order valence-electron chi connectivity index (χ2n) is 7.44. The molecule has 6 heteroatoms. The first-order valence-corrected chi connectivity index (χ1v) is 10.3. The summed E-state index contributed by atoms with van der Waals surface area (Å²) in [7, 11) is 0. The number of fused-ring (bicyclic) bond motifs is 1. The highest BCUT2D eigenvalue weighted by Gasteiger charge is 2.18. The van der Waals surface area contributed by atoms with Crippen molar-refractivity contribution in [1.82, 2.24) is 14.9 Å². The number of benzene rings is 2. The van der Waals surface area contributed by atoms with Crippen molar-refractivity contribution >= 4 is 16.7 Å². The van der Waals surface area contributed by atoms with Crippen LogP contribution in [0, 0.1) is 12.7 Å². The zero-order chi connectivity index (χ0) is 20.1. The van der Waals surface area contributed by atoms with Crippen LogP contribution in [0.25, 0.3) is 11.0 Å². The number of piperazine rings is 1. The monoisotopic (exact) mass is 394 g/mol. The average molecular weight is 394 g/mol. The zero-order valence-corrected chi connectivity index (χ0v) is 16.9. The van der Waals surface area contributed by atoms with Gasteiger partial charge in [0, 0.05) is 26.2 Å². The van der Waals surface area contributed by atoms with E-state index in [4.69, 9.17) is 4.74 Å². The summed E-state index contributed by atoms with van der Waals surface area (Å²) < 4.78 is 19.8. The van der Waals surface area contributed by atoms with Crippen molar-refractivity contribution in [2.75, 3.05) is 44.2 Å². The first kappa shape index (κ1) is 19.6. The average Bonchev–Trinajstić information content (AvgIpc) is 2.75. The van der Waals surface area contributed by atoms with Crippen LogP contribution in [-0.2, 0) is 0 Å². The van der Waals surface area contributed by atoms with Gasteiger partial charge in [-0.05, 0) is 50.6 Å². The largest absolute Gasteiger partial charge is 0.476 e. The minimum atomic E-state index is -0.134. The molecule has 1 fully saturated rings. The minimum Gasteiger partial charge on any atom is -0.476 e. The summed E-state index contributed by atoms with van der Waals surface area (Å²) in [5.41, 5.74) is 3.30. The number of para-hydroxylation sites is 3. The molecule has 5 nitrogen and oxygen atoms in total. The van der Waals surface area contributed by atoms with Crippen molar-refractivity contribution < 1.29 is 9.13 Å². The lowest BCUT2D eigenvalue weighted by Gasteiger charge is -2.36. The van der Waals surface area contributed by atoms with Gasteiger partial charge in [-0.1, -0.05) is 24.3 Å². The van der Waals surface area contributed by atoms with Gasteiger partial charge in [0.1, 0.15) is 11.5 Å². The van der Waals surface area contributed by atoms with Crippen LogP contribution in [0.3, 0.4) is 0 Å². The van der Waals surface area contributed by atoms with Gasteiger partial charge in [0.2, 0.25) is 5.88 Å². The van der Waals surface area contributed by atoms with Crippen LogP contribution in [0.4, 0.5) is 10.1 Å². The Hall–Kier alpha value is -2.73. The Morgan fingerprint density at radius 1 is 0.897 bits per heavy atom. The third-order valence-corrected chi connectivity index (χ3v) is 5.37. The molecular weight excluding hydrogens is 367 g/mol. The highest BCUT2D eigenvalue weighted by atomic mass is 19.1. The molecular formula is C23H27FN4O. The predicted molar refractivity (Wildman–Crippen MR) is 114 cm³/mol. The van der Waals surface area contributed by atoms with E-state index in [1.54, 1.807) is 6.07 Å². The fourth-order valence-electron chi connectivity index (χ4n) is 3.74. The van der Waals surface area contributed by atoms with Crippen molar-refractivity contribution in [3.8, 4) is 5.88 Å². The molecule has 0 radical (unpaired) electrons. The van der Waals surface area contributed by atoms with Gasteiger partial charge in [-0.15, -0.1) is 0 Å². The standard InChI is InChI=1S/C23H27FN4O/c1-18-23(26-21-10-4-3-9-20(21)25-18)29-17-7-6-12-27-13-15-28(16-14-27)22-11-5-2-8-19(22)24/h2-5,8-11H,6-7,12-17H2,1H3. The molecule has 0 atom stereocenters. The number of hydrogen-bond donors (Lipinski definition) is 0. The van der Waals surface area contributed by atoms with E-state index in [1.807, 2.05) is 43.3 Å². The van der Waals surface area contributed by atoms with Gasteiger partial charge in [-0.25, -0.2) is 14.4 Å². The minimum absolute atomic E-state index is 0.134. The topological polar surface area (TPSA) is 41.5 Å². The molecule has 0 amide bonds. The van der Waals surface area contributed by atoms with Crippen molar-refractivity contribution in [2.24, 2.45) is 0 Å². The van der Waals surface area contributed by atoms with E-state index in [1.165, 1.54) is 6.07 Å². The molecule has 0 N–H and O–H groups in total. The van der Waals surface area contributed by atoms with Crippen LogP contribution in [0.5, 0.6) is 5.88 Å². The normalized spacial score (nSPS) is 15.0. The number of nitrogens with zero attached hydrogens (tertiary/aromatic N) is 4. The Bertz CT molecular complexity index is 957. The highest BCUT2D eigenvalue weighted by molar-refractivity contribution is 5.74. The van der Waals surface area contributed by atoms with E-state index in [0.29, 0.717) is 18.2 Å². The SMILES string of the molecule is Cc1nc2ccccc2nc1OCCCCN1CCN(c2ccccc2F)CC1. The van der Waals surface area contributed by atoms with Crippen LogP contribution < -0.4 is 9.64 Å². The molecule has 3 aromatic rings. The van der Waals surface area contributed by atoms with E-state index in [0.717, 1.165) is 62.3 Å². The van der Waals surface area contributed by atoms with Crippen molar-refractivity contribution in [1.29, 1.82) is 0 Å². The second kappa shape index (κ2) is 9.18. The summed E-state index contributed by atoms with van der Waals surface area (Å²) in [5, 5.41) is 0. The maximum Gasteiger partial charge on any atom is 0.235 e. The maximum atomic E-state index is 13.9. The number of unbranched alkanes of at least 4 members (excludes halogenated alkanes) is 1. The van der Waals surface area contributed by atoms with Crippen LogP contribution in [0.15, 0.2) is 48.5 Å². The molecule has 1 aliphatic heterocycles. The lowest BCUT2D eigenvalue weighted by Crippen LogP contribution is -2.46. The molecule has 2 aromatic carbocycles. The molecule has 1 aromatic heterocycles. The van der Waals surface area contributed by atoms with Gasteiger partial charge in [-0.3, -0.25) is 4.90 Å². The molecule has 4 rings (SSSR count). The van der Waals surface area contributed by atoms with E-state index < -0.39 is 0 Å². The maximum absolute atomic E-state index is 13.9. The summed E-state index contributed by atoms with van der Waals surface area (Å²) in [6, 6.07) is 14.9. The number of hydrogen-bond acceptors (Lipinski definition) is 5. The van der Waals surface area contributed by atoms with Crippen molar-refractivity contribution in [2.45, 2.75) is 19.8 Å². The van der Waals surface area contributed by atoms with E-state index in [9.17, 15) is 4.39 Å². The molecule has 152 valence electrons. The van der Waals surface area contributed by atoms with Gasteiger partial charge in [0.05, 0.1) is 23.3 Å². The Labute approximate surface area is 171 Å². The lowest BCUT2D eigenvalue weighted by atomic mass is 10.2. The summed E-state index contributed by atoms with van der Waals surface area (Å²) in [4.78, 5) is 13.7. The summed E-state index contributed by atoms with van der Waals surface area (Å²) in [5.74, 6) is 0.493. The van der Waals surface area contributed by atoms with Crippen LogP contribution in [0.1, 0.15) is 18.5 Å². The molecule has 29 heavy (non-hydrogen) atoms. The van der Waals surface area contributed by atoms with Crippen molar-refractivity contribution in [3.05, 3.63) is 60.0 Å². The predicted octanol–water partition coefficient (Wildman–Crippen LogP) is 4.06. The van der Waals surface area contributed by atoms with E-state index >= 15 is 0 Å². The molecule has 1 saturated heterocycles. The van der Waals surface area contributed by atoms with Gasteiger partial charge in [0.25, 0.3) is 0 Å². The molecule has 2 heterocycles. The molecule has 0 aliphatic carbocycles. The number of aryl methyl sites for hydroxylation is 1. The molecule has 0 spiro atoms. The van der Waals surface area contributed by atoms with E-state index in [-0.39, 0.29) is 5.82 Å². The fourth-order valence-corrected chi connectivity index (χ4v) is 3.74. The number of aromatic nitrogens is 2. The van der Waals surface area contributed by atoms with Gasteiger partial charge >= 0.3 is 0 Å². The number of rotatable bonds is 7. The Morgan fingerprint density at radius 2 is 1.59 bits per heavy atom. The quantitative estimate of drug-likeness (QED) is 0.566. The second-order valence-corrected chi connectivity index (χ2v) is 7.44. The third kappa shape index (κ3) is 4.82. The van der Waals surface area contributed by atoms with Crippen LogP contribution in [-0.4, -0.2) is 54.2 Å². The van der Waals surface area contributed by atoms with Crippen LogP contribution >= 0.6 is 0 Å². The van der Waals surface area contributed by atoms with Gasteiger partial charge in [0.15, 0.2) is 0 Å². The number of anilines is 1. The number of ether oxygens (including phenoxy) is 1. The van der Waals surface area contributed by atoms with E-state index in [2.05, 4.69) is 19.8 Å².